The Morgan fingerprint density at radius 2 is 1.97 bits per heavy atom. The first-order chi connectivity index (χ1) is 13.8. The van der Waals surface area contributed by atoms with Crippen LogP contribution in [0.3, 0.4) is 0 Å². The van der Waals surface area contributed by atoms with Crippen molar-refractivity contribution in [3.63, 3.8) is 0 Å². The Kier molecular flexibility index (Phi) is 5.14. The van der Waals surface area contributed by atoms with Crippen molar-refractivity contribution in [3.05, 3.63) is 51.6 Å². The van der Waals surface area contributed by atoms with Crippen LogP contribution in [0, 0.1) is 0 Å². The van der Waals surface area contributed by atoms with Gasteiger partial charge in [0.2, 0.25) is 0 Å². The molecule has 2 aromatic rings. The van der Waals surface area contributed by atoms with Crippen LogP contribution in [0.2, 0.25) is 10.0 Å². The molecule has 1 aromatic carbocycles. The summed E-state index contributed by atoms with van der Waals surface area (Å²) < 4.78 is 26.3. The molecule has 29 heavy (non-hydrogen) atoms. The standard InChI is InChI=1S/C18H16Cl2N4O4S/c19-11-8-14(20)16(23-9-11)21-5-6-22-17(25)10-1-4-13-15(7-10)29(27,28)24(18(13)26)12-2-3-12/h1,4,7-9,12H,2-3,5-6H2,(H,21,23)(H,22,25). The molecule has 1 aromatic heterocycles. The Bertz CT molecular complexity index is 1120. The minimum absolute atomic E-state index is 0.110. The third-order valence-electron chi connectivity index (χ3n) is 4.60. The molecule has 2 heterocycles. The van der Waals surface area contributed by atoms with E-state index in [4.69, 9.17) is 23.2 Å². The number of sulfonamides is 1. The number of benzene rings is 1. The minimum atomic E-state index is -3.90. The van der Waals surface area contributed by atoms with Gasteiger partial charge in [-0.15, -0.1) is 0 Å². The van der Waals surface area contributed by atoms with Crippen molar-refractivity contribution in [1.82, 2.24) is 14.6 Å². The number of hydrogen-bond donors (Lipinski definition) is 2. The summed E-state index contributed by atoms with van der Waals surface area (Å²) >= 11 is 11.8. The van der Waals surface area contributed by atoms with Gasteiger partial charge in [0.15, 0.2) is 0 Å². The van der Waals surface area contributed by atoms with Crippen molar-refractivity contribution in [2.24, 2.45) is 0 Å². The lowest BCUT2D eigenvalue weighted by Gasteiger charge is -2.13. The normalized spacial score (nSPS) is 17.2. The van der Waals surface area contributed by atoms with Crippen molar-refractivity contribution in [1.29, 1.82) is 0 Å². The quantitative estimate of drug-likeness (QED) is 0.649. The summed E-state index contributed by atoms with van der Waals surface area (Å²) in [5, 5.41) is 6.43. The number of pyridine rings is 1. The maximum atomic E-state index is 12.7. The van der Waals surface area contributed by atoms with E-state index in [-0.39, 0.29) is 28.6 Å². The molecule has 0 saturated heterocycles. The van der Waals surface area contributed by atoms with Crippen LogP contribution in [0.15, 0.2) is 35.4 Å². The lowest BCUT2D eigenvalue weighted by Crippen LogP contribution is -2.32. The molecule has 0 unspecified atom stereocenters. The van der Waals surface area contributed by atoms with Crippen molar-refractivity contribution in [2.45, 2.75) is 23.8 Å². The molecule has 0 atom stereocenters. The predicted molar refractivity (Wildman–Crippen MR) is 108 cm³/mol. The summed E-state index contributed by atoms with van der Waals surface area (Å²) in [7, 11) is -3.90. The van der Waals surface area contributed by atoms with E-state index in [2.05, 4.69) is 15.6 Å². The Hall–Kier alpha value is -2.36. The van der Waals surface area contributed by atoms with Crippen molar-refractivity contribution >= 4 is 50.9 Å². The number of aromatic nitrogens is 1. The highest BCUT2D eigenvalue weighted by atomic mass is 35.5. The number of nitrogens with zero attached hydrogens (tertiary/aromatic N) is 2. The largest absolute Gasteiger partial charge is 0.367 e. The fraction of sp³-hybridized carbons (Fsp3) is 0.278. The molecule has 8 nitrogen and oxygen atoms in total. The van der Waals surface area contributed by atoms with E-state index in [0.29, 0.717) is 35.2 Å². The van der Waals surface area contributed by atoms with Crippen LogP contribution < -0.4 is 10.6 Å². The molecule has 2 N–H and O–H groups in total. The summed E-state index contributed by atoms with van der Waals surface area (Å²) in [5.41, 5.74) is 0.277. The van der Waals surface area contributed by atoms with Gasteiger partial charge < -0.3 is 10.6 Å². The lowest BCUT2D eigenvalue weighted by atomic mass is 10.1. The summed E-state index contributed by atoms with van der Waals surface area (Å²) in [5.74, 6) is -0.532. The highest BCUT2D eigenvalue weighted by Gasteiger charge is 2.48. The van der Waals surface area contributed by atoms with Crippen LogP contribution in [-0.2, 0) is 10.0 Å². The van der Waals surface area contributed by atoms with Gasteiger partial charge in [0.05, 0.1) is 15.6 Å². The Balaban J connectivity index is 1.40. The smallest absolute Gasteiger partial charge is 0.269 e. The van der Waals surface area contributed by atoms with E-state index < -0.39 is 21.8 Å². The van der Waals surface area contributed by atoms with Crippen LogP contribution >= 0.6 is 23.2 Å². The summed E-state index contributed by atoms with van der Waals surface area (Å²) in [6.07, 6.45) is 2.79. The number of halogens is 2. The molecule has 0 spiro atoms. The summed E-state index contributed by atoms with van der Waals surface area (Å²) in [6.45, 7) is 0.591. The molecule has 1 fully saturated rings. The zero-order valence-corrected chi connectivity index (χ0v) is 17.3. The number of hydrogen-bond acceptors (Lipinski definition) is 6. The van der Waals surface area contributed by atoms with Gasteiger partial charge in [-0.1, -0.05) is 23.2 Å². The van der Waals surface area contributed by atoms with Crippen LogP contribution in [0.4, 0.5) is 5.82 Å². The molecule has 1 saturated carbocycles. The van der Waals surface area contributed by atoms with E-state index in [0.717, 1.165) is 4.31 Å². The molecular weight excluding hydrogens is 439 g/mol. The lowest BCUT2D eigenvalue weighted by molar-refractivity contribution is 0.0863. The average Bonchev–Trinajstić information content (AvgIpc) is 3.47. The van der Waals surface area contributed by atoms with E-state index in [9.17, 15) is 18.0 Å². The number of fused-ring (bicyclic) bond motifs is 1. The third-order valence-corrected chi connectivity index (χ3v) is 6.97. The zero-order valence-electron chi connectivity index (χ0n) is 15.0. The molecular formula is C18H16Cl2N4O4S. The van der Waals surface area contributed by atoms with Gasteiger partial charge in [-0.2, -0.15) is 0 Å². The topological polar surface area (TPSA) is 108 Å². The van der Waals surface area contributed by atoms with Crippen LogP contribution in [-0.4, -0.2) is 48.7 Å². The minimum Gasteiger partial charge on any atom is -0.367 e. The maximum Gasteiger partial charge on any atom is 0.269 e. The molecule has 11 heteroatoms. The monoisotopic (exact) mass is 454 g/mol. The van der Waals surface area contributed by atoms with E-state index in [1.54, 1.807) is 6.07 Å². The second kappa shape index (κ2) is 7.47. The number of anilines is 1. The number of rotatable bonds is 6. The Morgan fingerprint density at radius 1 is 1.21 bits per heavy atom. The predicted octanol–water partition coefficient (Wildman–Crippen LogP) is 2.54. The van der Waals surface area contributed by atoms with Crippen LogP contribution in [0.5, 0.6) is 0 Å². The highest BCUT2D eigenvalue weighted by Crippen LogP contribution is 2.39. The Morgan fingerprint density at radius 3 is 2.66 bits per heavy atom. The molecule has 152 valence electrons. The molecule has 0 radical (unpaired) electrons. The fourth-order valence-electron chi connectivity index (χ4n) is 3.06. The van der Waals surface area contributed by atoms with Gasteiger partial charge >= 0.3 is 0 Å². The van der Waals surface area contributed by atoms with Gasteiger partial charge in [-0.3, -0.25) is 9.59 Å². The van der Waals surface area contributed by atoms with E-state index in [1.165, 1.54) is 24.4 Å². The first-order valence-corrected chi connectivity index (χ1v) is 11.0. The number of carbonyl (C=O) groups excluding carboxylic acids is 2. The molecule has 4 rings (SSSR count). The van der Waals surface area contributed by atoms with Gasteiger partial charge in [0, 0.05) is 30.9 Å². The van der Waals surface area contributed by atoms with Crippen molar-refractivity contribution in [3.8, 4) is 0 Å². The summed E-state index contributed by atoms with van der Waals surface area (Å²) in [6, 6.07) is 5.38. The number of amides is 2. The van der Waals surface area contributed by atoms with Gasteiger partial charge in [-0.05, 0) is 37.1 Å². The SMILES string of the molecule is O=C(NCCNc1ncc(Cl)cc1Cl)c1ccc2c(c1)S(=O)(=O)N(C1CC1)C2=O. The number of nitrogens with one attached hydrogen (secondary N) is 2. The van der Waals surface area contributed by atoms with Crippen LogP contribution in [0.1, 0.15) is 33.6 Å². The second-order valence-corrected chi connectivity index (χ2v) is 9.34. The second-order valence-electron chi connectivity index (χ2n) is 6.71. The molecule has 2 amide bonds. The highest BCUT2D eigenvalue weighted by molar-refractivity contribution is 7.90. The molecule has 1 aliphatic carbocycles. The van der Waals surface area contributed by atoms with Crippen LogP contribution in [0.25, 0.3) is 0 Å². The molecule has 0 bridgehead atoms. The van der Waals surface area contributed by atoms with E-state index in [1.807, 2.05) is 0 Å². The van der Waals surface area contributed by atoms with Crippen molar-refractivity contribution in [2.75, 3.05) is 18.4 Å². The molecule has 2 aliphatic rings. The van der Waals surface area contributed by atoms with Gasteiger partial charge in [0.1, 0.15) is 10.7 Å². The van der Waals surface area contributed by atoms with Crippen molar-refractivity contribution < 1.29 is 18.0 Å². The molecule has 1 aliphatic heterocycles. The van der Waals surface area contributed by atoms with Gasteiger partial charge in [-0.25, -0.2) is 17.7 Å². The fourth-order valence-corrected chi connectivity index (χ4v) is 5.35. The first kappa shape index (κ1) is 19.9. The zero-order chi connectivity index (χ0) is 20.8. The first-order valence-electron chi connectivity index (χ1n) is 8.85. The third kappa shape index (κ3) is 3.77. The van der Waals surface area contributed by atoms with E-state index >= 15 is 0 Å². The van der Waals surface area contributed by atoms with Gasteiger partial charge in [0.25, 0.3) is 21.8 Å². The Labute approximate surface area is 177 Å². The maximum absolute atomic E-state index is 12.7. The number of carbonyl (C=O) groups is 2. The summed E-state index contributed by atoms with van der Waals surface area (Å²) in [4.78, 5) is 28.7. The average molecular weight is 455 g/mol.